The smallest absolute Gasteiger partial charge is 0.236 e. The Labute approximate surface area is 150 Å². The van der Waals surface area contributed by atoms with Crippen LogP contribution >= 0.6 is 0 Å². The van der Waals surface area contributed by atoms with Gasteiger partial charge in [0, 0.05) is 52.7 Å². The SMILES string of the molecule is CC(=O)N1CCN(C(=O)CN2CCC(CN3CCOCC3)CC2)CC1. The van der Waals surface area contributed by atoms with E-state index >= 15 is 0 Å². The van der Waals surface area contributed by atoms with E-state index in [1.165, 1.54) is 19.4 Å². The predicted octanol–water partition coefficient (Wildman–Crippen LogP) is -0.279. The first kappa shape index (κ1) is 18.6. The fourth-order valence-corrected chi connectivity index (χ4v) is 4.04. The molecule has 0 atom stereocenters. The third-order valence-electron chi connectivity index (χ3n) is 5.76. The molecule has 0 aromatic rings. The Morgan fingerprint density at radius 1 is 0.840 bits per heavy atom. The van der Waals surface area contributed by atoms with E-state index in [0.29, 0.717) is 32.7 Å². The molecule has 142 valence electrons. The third-order valence-corrected chi connectivity index (χ3v) is 5.76. The summed E-state index contributed by atoms with van der Waals surface area (Å²) in [5.74, 6) is 1.08. The van der Waals surface area contributed by atoms with Gasteiger partial charge in [0.2, 0.25) is 11.8 Å². The van der Waals surface area contributed by atoms with Crippen molar-refractivity contribution in [3.8, 4) is 0 Å². The molecule has 0 aliphatic carbocycles. The molecule has 3 fully saturated rings. The topological polar surface area (TPSA) is 56.3 Å². The monoisotopic (exact) mass is 352 g/mol. The van der Waals surface area contributed by atoms with Crippen LogP contribution in [0.25, 0.3) is 0 Å². The van der Waals surface area contributed by atoms with Crippen molar-refractivity contribution in [3.05, 3.63) is 0 Å². The first-order valence-corrected chi connectivity index (χ1v) is 9.67. The highest BCUT2D eigenvalue weighted by Crippen LogP contribution is 2.19. The van der Waals surface area contributed by atoms with Gasteiger partial charge in [0.25, 0.3) is 0 Å². The van der Waals surface area contributed by atoms with Crippen LogP contribution in [0.15, 0.2) is 0 Å². The fourth-order valence-electron chi connectivity index (χ4n) is 4.04. The molecule has 3 saturated heterocycles. The van der Waals surface area contributed by atoms with Crippen molar-refractivity contribution in [2.75, 3.05) is 78.7 Å². The molecule has 2 amide bonds. The largest absolute Gasteiger partial charge is 0.379 e. The van der Waals surface area contributed by atoms with Crippen LogP contribution in [0.3, 0.4) is 0 Å². The van der Waals surface area contributed by atoms with Gasteiger partial charge in [-0.25, -0.2) is 0 Å². The van der Waals surface area contributed by atoms with Crippen molar-refractivity contribution in [1.29, 1.82) is 0 Å². The Balaban J connectivity index is 1.34. The maximum absolute atomic E-state index is 12.5. The molecule has 3 aliphatic rings. The van der Waals surface area contributed by atoms with E-state index in [1.807, 2.05) is 9.80 Å². The van der Waals surface area contributed by atoms with Gasteiger partial charge in [-0.2, -0.15) is 0 Å². The zero-order chi connectivity index (χ0) is 17.6. The maximum Gasteiger partial charge on any atom is 0.236 e. The van der Waals surface area contributed by atoms with Crippen LogP contribution in [-0.2, 0) is 14.3 Å². The summed E-state index contributed by atoms with van der Waals surface area (Å²) in [6.07, 6.45) is 2.37. The highest BCUT2D eigenvalue weighted by molar-refractivity contribution is 5.79. The first-order chi connectivity index (χ1) is 12.1. The molecule has 0 radical (unpaired) electrons. The van der Waals surface area contributed by atoms with Crippen molar-refractivity contribution in [3.63, 3.8) is 0 Å². The van der Waals surface area contributed by atoms with Crippen molar-refractivity contribution in [2.45, 2.75) is 19.8 Å². The molecule has 0 saturated carbocycles. The molecule has 0 unspecified atom stereocenters. The Kier molecular flexibility index (Phi) is 6.67. The Morgan fingerprint density at radius 3 is 2.04 bits per heavy atom. The van der Waals surface area contributed by atoms with Crippen LogP contribution in [0.4, 0.5) is 0 Å². The van der Waals surface area contributed by atoms with E-state index < -0.39 is 0 Å². The lowest BCUT2D eigenvalue weighted by molar-refractivity contribution is -0.139. The number of carbonyl (C=O) groups is 2. The number of likely N-dealkylation sites (tertiary alicyclic amines) is 1. The highest BCUT2D eigenvalue weighted by atomic mass is 16.5. The van der Waals surface area contributed by atoms with E-state index in [1.54, 1.807) is 6.92 Å². The number of carbonyl (C=O) groups excluding carboxylic acids is 2. The number of piperazine rings is 1. The quantitative estimate of drug-likeness (QED) is 0.697. The van der Waals surface area contributed by atoms with E-state index in [-0.39, 0.29) is 11.8 Å². The van der Waals surface area contributed by atoms with Crippen molar-refractivity contribution in [2.24, 2.45) is 5.92 Å². The Morgan fingerprint density at radius 2 is 1.44 bits per heavy atom. The van der Waals surface area contributed by atoms with Crippen molar-refractivity contribution in [1.82, 2.24) is 19.6 Å². The van der Waals surface area contributed by atoms with Crippen LogP contribution in [0.2, 0.25) is 0 Å². The molecule has 0 aromatic heterocycles. The average molecular weight is 352 g/mol. The molecular formula is C18H32N4O3. The van der Waals surface area contributed by atoms with Gasteiger partial charge in [-0.15, -0.1) is 0 Å². The number of nitrogens with zero attached hydrogens (tertiary/aromatic N) is 4. The number of hydrogen-bond acceptors (Lipinski definition) is 5. The minimum Gasteiger partial charge on any atom is -0.379 e. The normalized spacial score (nSPS) is 24.5. The van der Waals surface area contributed by atoms with Gasteiger partial charge in [-0.3, -0.25) is 19.4 Å². The van der Waals surface area contributed by atoms with Gasteiger partial charge in [0.05, 0.1) is 19.8 Å². The predicted molar refractivity (Wildman–Crippen MR) is 95.3 cm³/mol. The molecule has 3 rings (SSSR count). The molecule has 7 heteroatoms. The van der Waals surface area contributed by atoms with Crippen molar-refractivity contribution >= 4 is 11.8 Å². The van der Waals surface area contributed by atoms with E-state index in [0.717, 1.165) is 45.3 Å². The summed E-state index contributed by atoms with van der Waals surface area (Å²) in [6, 6.07) is 0. The summed E-state index contributed by atoms with van der Waals surface area (Å²) in [4.78, 5) is 32.4. The van der Waals surface area contributed by atoms with Crippen molar-refractivity contribution < 1.29 is 14.3 Å². The summed E-state index contributed by atoms with van der Waals surface area (Å²) < 4.78 is 5.41. The molecule has 0 spiro atoms. The molecule has 3 heterocycles. The zero-order valence-electron chi connectivity index (χ0n) is 15.5. The zero-order valence-corrected chi connectivity index (χ0v) is 15.5. The lowest BCUT2D eigenvalue weighted by Crippen LogP contribution is -2.53. The second-order valence-electron chi connectivity index (χ2n) is 7.52. The number of amides is 2. The van der Waals surface area contributed by atoms with Crippen LogP contribution in [0, 0.1) is 5.92 Å². The molecule has 0 bridgehead atoms. The van der Waals surface area contributed by atoms with E-state index in [4.69, 9.17) is 4.74 Å². The van der Waals surface area contributed by atoms with Gasteiger partial charge >= 0.3 is 0 Å². The summed E-state index contributed by atoms with van der Waals surface area (Å²) in [5.41, 5.74) is 0. The first-order valence-electron chi connectivity index (χ1n) is 9.67. The minimum absolute atomic E-state index is 0.106. The lowest BCUT2D eigenvalue weighted by Gasteiger charge is -2.38. The van der Waals surface area contributed by atoms with Gasteiger partial charge in [-0.1, -0.05) is 0 Å². The van der Waals surface area contributed by atoms with Gasteiger partial charge in [-0.05, 0) is 31.8 Å². The number of morpholine rings is 1. The summed E-state index contributed by atoms with van der Waals surface area (Å²) >= 11 is 0. The number of rotatable bonds is 4. The Bertz CT molecular complexity index is 451. The van der Waals surface area contributed by atoms with Crippen LogP contribution in [0.5, 0.6) is 0 Å². The molecule has 0 N–H and O–H groups in total. The number of hydrogen-bond donors (Lipinski definition) is 0. The van der Waals surface area contributed by atoms with E-state index in [2.05, 4.69) is 9.80 Å². The van der Waals surface area contributed by atoms with Crippen LogP contribution < -0.4 is 0 Å². The third kappa shape index (κ3) is 5.39. The lowest BCUT2D eigenvalue weighted by atomic mass is 9.96. The van der Waals surface area contributed by atoms with Crippen LogP contribution in [0.1, 0.15) is 19.8 Å². The molecule has 25 heavy (non-hydrogen) atoms. The minimum atomic E-state index is 0.106. The summed E-state index contributed by atoms with van der Waals surface area (Å²) in [6.45, 7) is 11.9. The van der Waals surface area contributed by atoms with Crippen LogP contribution in [-0.4, -0.2) is 110 Å². The second-order valence-corrected chi connectivity index (χ2v) is 7.52. The van der Waals surface area contributed by atoms with E-state index in [9.17, 15) is 9.59 Å². The van der Waals surface area contributed by atoms with Gasteiger partial charge in [0.15, 0.2) is 0 Å². The number of ether oxygens (including phenoxy) is 1. The second kappa shape index (κ2) is 8.96. The highest BCUT2D eigenvalue weighted by Gasteiger charge is 2.27. The maximum atomic E-state index is 12.5. The molecule has 3 aliphatic heterocycles. The standard InChI is InChI=1S/C18H32N4O3/c1-16(23)21-6-8-22(9-7-21)18(24)15-19-4-2-17(3-5-19)14-20-10-12-25-13-11-20/h17H,2-15H2,1H3. The average Bonchev–Trinajstić information content (AvgIpc) is 2.64. The number of piperidine rings is 1. The summed E-state index contributed by atoms with van der Waals surface area (Å²) in [5, 5.41) is 0. The molecule has 0 aromatic carbocycles. The van der Waals surface area contributed by atoms with Gasteiger partial charge in [0.1, 0.15) is 0 Å². The fraction of sp³-hybridized carbons (Fsp3) is 0.889. The Hall–Kier alpha value is -1.18. The molecule has 7 nitrogen and oxygen atoms in total. The molecular weight excluding hydrogens is 320 g/mol. The van der Waals surface area contributed by atoms with Gasteiger partial charge < -0.3 is 14.5 Å². The summed E-state index contributed by atoms with van der Waals surface area (Å²) in [7, 11) is 0.